The van der Waals surface area contributed by atoms with E-state index in [1.807, 2.05) is 0 Å². The lowest BCUT2D eigenvalue weighted by Gasteiger charge is -2.22. The Hall–Kier alpha value is -2.43. The molecule has 1 fully saturated rings. The minimum absolute atomic E-state index is 0.0504. The zero-order valence-electron chi connectivity index (χ0n) is 14.9. The lowest BCUT2D eigenvalue weighted by Crippen LogP contribution is -2.25. The third-order valence-electron chi connectivity index (χ3n) is 4.84. The van der Waals surface area contributed by atoms with Gasteiger partial charge in [-0.2, -0.15) is 5.26 Å². The molecule has 3 rings (SSSR count). The van der Waals surface area contributed by atoms with Crippen LogP contribution in [0.2, 0.25) is 5.02 Å². The Balaban J connectivity index is 1.88. The van der Waals surface area contributed by atoms with Gasteiger partial charge in [-0.1, -0.05) is 30.9 Å². The first-order chi connectivity index (χ1) is 13.3. The fourth-order valence-electron chi connectivity index (χ4n) is 3.31. The highest BCUT2D eigenvalue weighted by Crippen LogP contribution is 2.32. The second kappa shape index (κ2) is 8.29. The molecule has 146 valence electrons. The van der Waals surface area contributed by atoms with Gasteiger partial charge in [-0.15, -0.1) is 0 Å². The maximum atomic E-state index is 13.4. The Morgan fingerprint density at radius 3 is 2.54 bits per heavy atom. The monoisotopic (exact) mass is 420 g/mol. The molecule has 0 saturated heterocycles. The number of hydrogen-bond acceptors (Lipinski definition) is 4. The van der Waals surface area contributed by atoms with Crippen molar-refractivity contribution in [2.45, 2.75) is 42.2 Å². The van der Waals surface area contributed by atoms with Crippen molar-refractivity contribution in [3.05, 3.63) is 58.4 Å². The van der Waals surface area contributed by atoms with Gasteiger partial charge in [0, 0.05) is 11.3 Å². The van der Waals surface area contributed by atoms with Crippen LogP contribution in [0.3, 0.4) is 0 Å². The zero-order chi connectivity index (χ0) is 20.3. The van der Waals surface area contributed by atoms with Crippen LogP contribution in [0.4, 0.5) is 10.1 Å². The van der Waals surface area contributed by atoms with Gasteiger partial charge in [0.25, 0.3) is 5.91 Å². The number of halogens is 2. The predicted molar refractivity (Wildman–Crippen MR) is 105 cm³/mol. The molecule has 0 bridgehead atoms. The first-order valence-corrected chi connectivity index (χ1v) is 10.8. The maximum Gasteiger partial charge on any atom is 0.255 e. The van der Waals surface area contributed by atoms with Crippen molar-refractivity contribution in [3.8, 4) is 6.07 Å². The van der Waals surface area contributed by atoms with E-state index in [0.29, 0.717) is 12.8 Å². The average molecular weight is 421 g/mol. The van der Waals surface area contributed by atoms with E-state index < -0.39 is 26.8 Å². The molecule has 0 aliphatic heterocycles. The molecule has 1 aliphatic rings. The van der Waals surface area contributed by atoms with Crippen molar-refractivity contribution in [1.82, 2.24) is 0 Å². The summed E-state index contributed by atoms with van der Waals surface area (Å²) < 4.78 is 39.4. The number of sulfone groups is 1. The number of anilines is 1. The van der Waals surface area contributed by atoms with Crippen LogP contribution in [0.1, 0.15) is 48.0 Å². The Bertz CT molecular complexity index is 1060. The molecule has 0 radical (unpaired) electrons. The van der Waals surface area contributed by atoms with Gasteiger partial charge >= 0.3 is 0 Å². The van der Waals surface area contributed by atoms with E-state index in [2.05, 4.69) is 5.32 Å². The molecule has 2 aromatic carbocycles. The topological polar surface area (TPSA) is 87.0 Å². The molecule has 2 aromatic rings. The molecule has 1 N–H and O–H groups in total. The average Bonchev–Trinajstić information content (AvgIpc) is 2.70. The molecule has 0 atom stereocenters. The molecule has 28 heavy (non-hydrogen) atoms. The molecule has 1 amide bonds. The Morgan fingerprint density at radius 2 is 1.86 bits per heavy atom. The Labute approximate surface area is 168 Å². The summed E-state index contributed by atoms with van der Waals surface area (Å²) in [6, 6.07) is 9.39. The van der Waals surface area contributed by atoms with E-state index in [-0.39, 0.29) is 26.7 Å². The Kier molecular flexibility index (Phi) is 6.01. The molecule has 0 spiro atoms. The second-order valence-electron chi connectivity index (χ2n) is 6.71. The van der Waals surface area contributed by atoms with Crippen molar-refractivity contribution >= 4 is 33.0 Å². The molecule has 0 aromatic heterocycles. The Morgan fingerprint density at radius 1 is 1.14 bits per heavy atom. The van der Waals surface area contributed by atoms with Crippen LogP contribution in [0.15, 0.2) is 41.3 Å². The first-order valence-electron chi connectivity index (χ1n) is 8.87. The SMILES string of the molecule is N#Cc1cc(NC(=O)c2ccc(Cl)c(S(=O)(=O)C3CCCCC3)c2)ccc1F. The summed E-state index contributed by atoms with van der Waals surface area (Å²) in [5.41, 5.74) is 0.144. The van der Waals surface area contributed by atoms with Crippen LogP contribution in [-0.2, 0) is 9.84 Å². The van der Waals surface area contributed by atoms with E-state index in [4.69, 9.17) is 16.9 Å². The van der Waals surface area contributed by atoms with Gasteiger partial charge in [0.1, 0.15) is 11.9 Å². The van der Waals surface area contributed by atoms with Gasteiger partial charge in [0.15, 0.2) is 9.84 Å². The fourth-order valence-corrected chi connectivity index (χ4v) is 5.69. The number of nitrogens with one attached hydrogen (secondary N) is 1. The summed E-state index contributed by atoms with van der Waals surface area (Å²) in [5.74, 6) is -1.26. The van der Waals surface area contributed by atoms with Gasteiger partial charge in [0.05, 0.1) is 20.7 Å². The largest absolute Gasteiger partial charge is 0.322 e. The molecule has 0 heterocycles. The van der Waals surface area contributed by atoms with Gasteiger partial charge in [-0.25, -0.2) is 12.8 Å². The van der Waals surface area contributed by atoms with Crippen LogP contribution in [0, 0.1) is 17.1 Å². The van der Waals surface area contributed by atoms with E-state index in [1.165, 1.54) is 30.3 Å². The van der Waals surface area contributed by atoms with Crippen LogP contribution in [0.25, 0.3) is 0 Å². The molecular formula is C20H18ClFN2O3S. The summed E-state index contributed by atoms with van der Waals surface area (Å²) in [6.45, 7) is 0. The highest BCUT2D eigenvalue weighted by Gasteiger charge is 2.31. The zero-order valence-corrected chi connectivity index (χ0v) is 16.5. The molecule has 5 nitrogen and oxygen atoms in total. The van der Waals surface area contributed by atoms with Crippen LogP contribution < -0.4 is 5.32 Å². The number of rotatable bonds is 4. The number of nitrogens with zero attached hydrogens (tertiary/aromatic N) is 1. The number of carbonyl (C=O) groups excluding carboxylic acids is 1. The van der Waals surface area contributed by atoms with E-state index in [0.717, 1.165) is 25.3 Å². The third-order valence-corrected chi connectivity index (χ3v) is 7.58. The summed E-state index contributed by atoms with van der Waals surface area (Å²) in [6.07, 6.45) is 3.90. The first kappa shape index (κ1) is 20.3. The molecular weight excluding hydrogens is 403 g/mol. The summed E-state index contributed by atoms with van der Waals surface area (Å²) >= 11 is 6.13. The molecule has 8 heteroatoms. The summed E-state index contributed by atoms with van der Waals surface area (Å²) in [5, 5.41) is 11.0. The van der Waals surface area contributed by atoms with Gasteiger partial charge < -0.3 is 5.32 Å². The lowest BCUT2D eigenvalue weighted by molar-refractivity contribution is 0.102. The lowest BCUT2D eigenvalue weighted by atomic mass is 10.0. The van der Waals surface area contributed by atoms with Crippen molar-refractivity contribution in [1.29, 1.82) is 5.26 Å². The van der Waals surface area contributed by atoms with Crippen molar-refractivity contribution in [2.24, 2.45) is 0 Å². The normalized spacial score (nSPS) is 15.0. The fraction of sp³-hybridized carbons (Fsp3) is 0.300. The minimum atomic E-state index is -3.64. The predicted octanol–water partition coefficient (Wildman–Crippen LogP) is 4.71. The smallest absolute Gasteiger partial charge is 0.255 e. The number of nitriles is 1. The van der Waals surface area contributed by atoms with E-state index >= 15 is 0 Å². The minimum Gasteiger partial charge on any atom is -0.322 e. The summed E-state index contributed by atoms with van der Waals surface area (Å²) in [7, 11) is -3.64. The van der Waals surface area contributed by atoms with Crippen LogP contribution in [0.5, 0.6) is 0 Å². The summed E-state index contributed by atoms with van der Waals surface area (Å²) in [4.78, 5) is 12.5. The van der Waals surface area contributed by atoms with E-state index in [9.17, 15) is 17.6 Å². The maximum absolute atomic E-state index is 13.4. The molecule has 1 saturated carbocycles. The van der Waals surface area contributed by atoms with Crippen molar-refractivity contribution < 1.29 is 17.6 Å². The third kappa shape index (κ3) is 4.18. The highest BCUT2D eigenvalue weighted by atomic mass is 35.5. The van der Waals surface area contributed by atoms with Crippen molar-refractivity contribution in [2.75, 3.05) is 5.32 Å². The van der Waals surface area contributed by atoms with Gasteiger partial charge in [-0.05, 0) is 49.2 Å². The number of benzene rings is 2. The number of hydrogen-bond donors (Lipinski definition) is 1. The van der Waals surface area contributed by atoms with E-state index in [1.54, 1.807) is 6.07 Å². The number of amides is 1. The molecule has 0 unspecified atom stereocenters. The van der Waals surface area contributed by atoms with Gasteiger partial charge in [-0.3, -0.25) is 4.79 Å². The van der Waals surface area contributed by atoms with Crippen LogP contribution >= 0.6 is 11.6 Å². The second-order valence-corrected chi connectivity index (χ2v) is 9.31. The molecule has 1 aliphatic carbocycles. The van der Waals surface area contributed by atoms with Gasteiger partial charge in [0.2, 0.25) is 0 Å². The standard InChI is InChI=1S/C20H18ClFN2O3S/c21-17-8-6-13(11-19(17)28(26,27)16-4-2-1-3-5-16)20(25)24-15-7-9-18(22)14(10-15)12-23/h6-11,16H,1-5H2,(H,24,25). The van der Waals surface area contributed by atoms with Crippen molar-refractivity contribution in [3.63, 3.8) is 0 Å². The highest BCUT2D eigenvalue weighted by molar-refractivity contribution is 7.92. The quantitative estimate of drug-likeness (QED) is 0.775. The number of carbonyl (C=O) groups is 1. The van der Waals surface area contributed by atoms with Crippen LogP contribution in [-0.4, -0.2) is 19.6 Å².